The smallest absolute Gasteiger partial charge is 0.339 e. The fourth-order valence-electron chi connectivity index (χ4n) is 1.39. The lowest BCUT2D eigenvalue weighted by Crippen LogP contribution is -1.93. The Morgan fingerprint density at radius 1 is 1.44 bits per heavy atom. The van der Waals surface area contributed by atoms with E-state index in [1.54, 1.807) is 17.4 Å². The van der Waals surface area contributed by atoms with E-state index in [0.29, 0.717) is 0 Å². The van der Waals surface area contributed by atoms with Crippen molar-refractivity contribution in [2.75, 3.05) is 0 Å². The van der Waals surface area contributed by atoms with Gasteiger partial charge in [0, 0.05) is 10.1 Å². The lowest BCUT2D eigenvalue weighted by molar-refractivity contribution is -0.132. The predicted octanol–water partition coefficient (Wildman–Crippen LogP) is 3.54. The van der Waals surface area contributed by atoms with Gasteiger partial charge >= 0.3 is 5.97 Å². The maximum atomic E-state index is 10.6. The van der Waals surface area contributed by atoms with Crippen LogP contribution in [0.5, 0.6) is 0 Å². The fraction of sp³-hybridized carbons (Fsp3) is 0.0769. The van der Waals surface area contributed by atoms with Crippen LogP contribution in [-0.2, 0) is 4.79 Å². The van der Waals surface area contributed by atoms with E-state index in [4.69, 9.17) is 5.11 Å². The third-order valence-corrected chi connectivity index (χ3v) is 3.18. The molecule has 0 amide bonds. The van der Waals surface area contributed by atoms with Crippen molar-refractivity contribution in [1.29, 1.82) is 0 Å². The van der Waals surface area contributed by atoms with E-state index in [9.17, 15) is 4.79 Å². The fourth-order valence-corrected chi connectivity index (χ4v) is 2.21. The first-order chi connectivity index (χ1) is 7.68. The van der Waals surface area contributed by atoms with Crippen LogP contribution in [0.4, 0.5) is 0 Å². The number of aliphatic carboxylic acids is 1. The summed E-state index contributed by atoms with van der Waals surface area (Å²) >= 11 is 1.67. The van der Waals surface area contributed by atoms with E-state index in [-0.39, 0.29) is 5.57 Å². The molecule has 0 saturated heterocycles. The van der Waals surface area contributed by atoms with Crippen LogP contribution >= 0.6 is 11.3 Å². The summed E-state index contributed by atoms with van der Waals surface area (Å²) in [7, 11) is 0. The zero-order chi connectivity index (χ0) is 11.5. The number of thiophene rings is 1. The summed E-state index contributed by atoms with van der Waals surface area (Å²) in [4.78, 5) is 10.6. The molecule has 0 fully saturated rings. The van der Waals surface area contributed by atoms with Crippen LogP contribution in [0.25, 0.3) is 16.2 Å². The highest BCUT2D eigenvalue weighted by molar-refractivity contribution is 7.17. The summed E-state index contributed by atoms with van der Waals surface area (Å²) in [5.74, 6) is -0.936. The number of carbonyl (C=O) groups is 1. The maximum Gasteiger partial charge on any atom is 0.339 e. The van der Waals surface area contributed by atoms with Crippen LogP contribution in [0.15, 0.2) is 40.9 Å². The van der Waals surface area contributed by atoms with Gasteiger partial charge in [-0.25, -0.2) is 4.79 Å². The maximum absolute atomic E-state index is 10.6. The molecular formula is C13H10O2S. The van der Waals surface area contributed by atoms with Gasteiger partial charge in [0.2, 0.25) is 0 Å². The lowest BCUT2D eigenvalue weighted by atomic mass is 10.1. The molecule has 0 bridgehead atoms. The van der Waals surface area contributed by atoms with Gasteiger partial charge in [-0.2, -0.15) is 0 Å². The monoisotopic (exact) mass is 230 g/mol. The molecule has 0 aliphatic rings. The highest BCUT2D eigenvalue weighted by Crippen LogP contribution is 2.24. The van der Waals surface area contributed by atoms with E-state index in [0.717, 1.165) is 10.9 Å². The molecule has 0 spiro atoms. The van der Waals surface area contributed by atoms with Gasteiger partial charge in [-0.3, -0.25) is 0 Å². The minimum atomic E-state index is -0.936. The minimum Gasteiger partial charge on any atom is -0.477 e. The van der Waals surface area contributed by atoms with Gasteiger partial charge in [0.15, 0.2) is 0 Å². The zero-order valence-corrected chi connectivity index (χ0v) is 9.54. The Kier molecular flexibility index (Phi) is 2.91. The van der Waals surface area contributed by atoms with E-state index in [1.807, 2.05) is 29.6 Å². The van der Waals surface area contributed by atoms with Gasteiger partial charge in [-0.1, -0.05) is 12.1 Å². The Labute approximate surface area is 97.2 Å². The van der Waals surface area contributed by atoms with Crippen molar-refractivity contribution >= 4 is 33.5 Å². The van der Waals surface area contributed by atoms with E-state index >= 15 is 0 Å². The Bertz CT molecular complexity index is 601. The van der Waals surface area contributed by atoms with Crippen LogP contribution in [0.2, 0.25) is 0 Å². The minimum absolute atomic E-state index is 0.215. The van der Waals surface area contributed by atoms with Crippen molar-refractivity contribution in [3.63, 3.8) is 0 Å². The second-order valence-electron chi connectivity index (χ2n) is 3.40. The first-order valence-corrected chi connectivity index (χ1v) is 5.69. The summed E-state index contributed by atoms with van der Waals surface area (Å²) in [6.07, 6.45) is 1.72. The Morgan fingerprint density at radius 3 is 3.00 bits per heavy atom. The van der Waals surface area contributed by atoms with Crippen molar-refractivity contribution in [1.82, 2.24) is 0 Å². The normalized spacial score (nSPS) is 9.81. The highest BCUT2D eigenvalue weighted by Gasteiger charge is 1.99. The van der Waals surface area contributed by atoms with Crippen LogP contribution < -0.4 is 0 Å². The van der Waals surface area contributed by atoms with Gasteiger partial charge in [0.05, 0.1) is 5.57 Å². The Hall–Kier alpha value is -1.83. The van der Waals surface area contributed by atoms with Crippen molar-refractivity contribution in [3.05, 3.63) is 46.5 Å². The summed E-state index contributed by atoms with van der Waals surface area (Å²) in [6.45, 7) is 1.53. The summed E-state index contributed by atoms with van der Waals surface area (Å²) < 4.78 is 1.20. The van der Waals surface area contributed by atoms with Crippen LogP contribution in [0, 0.1) is 0 Å². The van der Waals surface area contributed by atoms with Crippen molar-refractivity contribution in [2.45, 2.75) is 6.92 Å². The topological polar surface area (TPSA) is 37.3 Å². The highest BCUT2D eigenvalue weighted by atomic mass is 32.1. The molecule has 80 valence electrons. The standard InChI is InChI=1S/C13H10O2S/c1-9(13(14)15)5-6-10-3-2-4-12-11(10)7-8-16-12/h2-4,6-8H,1H3,(H,14,15). The number of hydrogen-bond acceptors (Lipinski definition) is 2. The van der Waals surface area contributed by atoms with Crippen LogP contribution in [-0.4, -0.2) is 11.1 Å². The van der Waals surface area contributed by atoms with Gasteiger partial charge in [-0.05, 0) is 36.1 Å². The number of benzene rings is 1. The van der Waals surface area contributed by atoms with Gasteiger partial charge < -0.3 is 5.11 Å². The summed E-state index contributed by atoms with van der Waals surface area (Å²) in [6, 6.07) is 7.99. The molecule has 0 aliphatic heterocycles. The van der Waals surface area contributed by atoms with Crippen LogP contribution in [0.3, 0.4) is 0 Å². The molecular weight excluding hydrogens is 220 g/mol. The van der Waals surface area contributed by atoms with Crippen molar-refractivity contribution in [2.24, 2.45) is 0 Å². The van der Waals surface area contributed by atoms with Gasteiger partial charge in [0.25, 0.3) is 0 Å². The molecule has 0 aliphatic carbocycles. The van der Waals surface area contributed by atoms with Gasteiger partial charge in [-0.15, -0.1) is 17.1 Å². The summed E-state index contributed by atoms with van der Waals surface area (Å²) in [5.41, 5.74) is 3.99. The predicted molar refractivity (Wildman–Crippen MR) is 66.6 cm³/mol. The lowest BCUT2D eigenvalue weighted by Gasteiger charge is -1.94. The SMILES string of the molecule is CC(=C=Cc1cccc2sccc12)C(=O)O. The molecule has 0 unspecified atom stereocenters. The Balaban J connectivity index is 2.53. The molecule has 2 nitrogen and oxygen atoms in total. The van der Waals surface area contributed by atoms with Crippen molar-refractivity contribution < 1.29 is 9.90 Å². The van der Waals surface area contributed by atoms with E-state index in [2.05, 4.69) is 5.73 Å². The first-order valence-electron chi connectivity index (χ1n) is 4.81. The first kappa shape index (κ1) is 10.7. The number of fused-ring (bicyclic) bond motifs is 1. The van der Waals surface area contributed by atoms with Gasteiger partial charge in [0.1, 0.15) is 0 Å². The third-order valence-electron chi connectivity index (χ3n) is 2.29. The number of hydrogen-bond donors (Lipinski definition) is 1. The molecule has 2 aromatic rings. The largest absolute Gasteiger partial charge is 0.477 e. The number of carboxylic acid groups (broad SMARTS) is 1. The molecule has 1 heterocycles. The Morgan fingerprint density at radius 2 is 2.25 bits per heavy atom. The molecule has 2 rings (SSSR count). The molecule has 1 aromatic carbocycles. The molecule has 0 atom stereocenters. The molecule has 3 heteroatoms. The molecule has 1 aromatic heterocycles. The average molecular weight is 230 g/mol. The molecule has 0 radical (unpaired) electrons. The zero-order valence-electron chi connectivity index (χ0n) is 8.73. The second-order valence-corrected chi connectivity index (χ2v) is 4.35. The quantitative estimate of drug-likeness (QED) is 0.632. The van der Waals surface area contributed by atoms with E-state index < -0.39 is 5.97 Å². The average Bonchev–Trinajstić information content (AvgIpc) is 2.73. The number of carboxylic acids is 1. The molecule has 16 heavy (non-hydrogen) atoms. The van der Waals surface area contributed by atoms with Crippen molar-refractivity contribution in [3.8, 4) is 0 Å². The molecule has 0 saturated carbocycles. The second kappa shape index (κ2) is 4.35. The van der Waals surface area contributed by atoms with E-state index in [1.165, 1.54) is 11.6 Å². The van der Waals surface area contributed by atoms with Crippen LogP contribution in [0.1, 0.15) is 12.5 Å². The molecule has 1 N–H and O–H groups in total. The third kappa shape index (κ3) is 2.06. The summed E-state index contributed by atoms with van der Waals surface area (Å²) in [5, 5.41) is 11.9. The number of rotatable bonds is 2.